The molecule has 208 valence electrons. The molecule has 0 spiro atoms. The lowest BCUT2D eigenvalue weighted by atomic mass is 10.0. The Hall–Kier alpha value is -6.00. The molecule has 0 amide bonds. The Kier molecular flexibility index (Phi) is 6.43. The van der Waals surface area contributed by atoms with Crippen molar-refractivity contribution in [1.82, 2.24) is 9.97 Å². The first-order valence-electron chi connectivity index (χ1n) is 14.6. The number of hydrogen-bond acceptors (Lipinski definition) is 4. The van der Waals surface area contributed by atoms with Gasteiger partial charge in [-0.25, -0.2) is 0 Å². The monoisotopic (exact) mass is 565 g/mol. The highest BCUT2D eigenvalue weighted by Crippen LogP contribution is 2.39. The predicted molar refractivity (Wildman–Crippen MR) is 180 cm³/mol. The molecular weight excluding hydrogens is 538 g/mol. The number of pyridine rings is 2. The Morgan fingerprint density at radius 2 is 0.841 bits per heavy atom. The molecule has 0 atom stereocenters. The largest absolute Gasteiger partial charge is 0.455 e. The fourth-order valence-electron chi connectivity index (χ4n) is 5.91. The quantitative estimate of drug-likeness (QED) is 0.201. The molecule has 0 bridgehead atoms. The number of rotatable bonds is 6. The maximum absolute atomic E-state index is 6.33. The molecule has 0 unspecified atom stereocenters. The molecule has 3 heterocycles. The van der Waals surface area contributed by atoms with E-state index in [9.17, 15) is 0 Å². The van der Waals surface area contributed by atoms with Gasteiger partial charge in [0.2, 0.25) is 0 Å². The lowest BCUT2D eigenvalue weighted by molar-refractivity contribution is 0.670. The summed E-state index contributed by atoms with van der Waals surface area (Å²) >= 11 is 0. The van der Waals surface area contributed by atoms with Gasteiger partial charge in [-0.2, -0.15) is 0 Å². The summed E-state index contributed by atoms with van der Waals surface area (Å²) in [5.41, 5.74) is 11.8. The Balaban J connectivity index is 1.19. The first-order chi connectivity index (χ1) is 21.8. The number of fused-ring (bicyclic) bond motifs is 3. The minimum atomic E-state index is 0.906. The van der Waals surface area contributed by atoms with Crippen LogP contribution in [0, 0.1) is 0 Å². The zero-order chi connectivity index (χ0) is 29.3. The Bertz CT molecular complexity index is 2100. The van der Waals surface area contributed by atoms with Crippen LogP contribution < -0.4 is 4.90 Å². The second-order valence-electron chi connectivity index (χ2n) is 10.7. The van der Waals surface area contributed by atoms with Crippen molar-refractivity contribution in [2.24, 2.45) is 0 Å². The third kappa shape index (κ3) is 4.69. The molecule has 0 saturated carbocycles. The van der Waals surface area contributed by atoms with Gasteiger partial charge in [0.25, 0.3) is 0 Å². The number of hydrogen-bond donors (Lipinski definition) is 0. The number of nitrogens with zero attached hydrogens (tertiary/aromatic N) is 3. The second kappa shape index (κ2) is 11.0. The van der Waals surface area contributed by atoms with E-state index in [-0.39, 0.29) is 0 Å². The molecule has 0 aliphatic heterocycles. The van der Waals surface area contributed by atoms with Crippen molar-refractivity contribution in [3.8, 4) is 33.4 Å². The van der Waals surface area contributed by atoms with E-state index in [2.05, 4.69) is 118 Å². The molecule has 0 saturated heterocycles. The average molecular weight is 566 g/mol. The van der Waals surface area contributed by atoms with Crippen molar-refractivity contribution in [3.05, 3.63) is 164 Å². The lowest BCUT2D eigenvalue weighted by Gasteiger charge is -2.26. The molecule has 4 nitrogen and oxygen atoms in total. The van der Waals surface area contributed by atoms with Gasteiger partial charge in [-0.1, -0.05) is 72.8 Å². The Morgan fingerprint density at radius 3 is 1.39 bits per heavy atom. The van der Waals surface area contributed by atoms with Crippen molar-refractivity contribution in [3.63, 3.8) is 0 Å². The van der Waals surface area contributed by atoms with Gasteiger partial charge in [0.05, 0.1) is 0 Å². The molecular formula is C40H27N3O. The summed E-state index contributed by atoms with van der Waals surface area (Å²) in [5, 5.41) is 2.27. The summed E-state index contributed by atoms with van der Waals surface area (Å²) in [6.07, 6.45) is 7.31. The van der Waals surface area contributed by atoms with Crippen LogP contribution in [0.2, 0.25) is 0 Å². The van der Waals surface area contributed by atoms with Crippen LogP contribution >= 0.6 is 0 Å². The van der Waals surface area contributed by atoms with Crippen LogP contribution in [0.1, 0.15) is 0 Å². The third-order valence-electron chi connectivity index (χ3n) is 8.12. The van der Waals surface area contributed by atoms with Crippen LogP contribution in [0.5, 0.6) is 0 Å². The van der Waals surface area contributed by atoms with E-state index in [1.165, 1.54) is 0 Å². The number of benzene rings is 5. The van der Waals surface area contributed by atoms with Crippen molar-refractivity contribution >= 4 is 39.0 Å². The Labute approximate surface area is 255 Å². The van der Waals surface area contributed by atoms with Gasteiger partial charge in [-0.15, -0.1) is 0 Å². The number of aromatic nitrogens is 2. The lowest BCUT2D eigenvalue weighted by Crippen LogP contribution is -2.09. The van der Waals surface area contributed by atoms with E-state index in [0.29, 0.717) is 0 Å². The molecule has 4 heteroatoms. The van der Waals surface area contributed by atoms with Crippen LogP contribution in [0.25, 0.3) is 55.3 Å². The van der Waals surface area contributed by atoms with E-state index in [4.69, 9.17) is 4.42 Å². The third-order valence-corrected chi connectivity index (χ3v) is 8.12. The van der Waals surface area contributed by atoms with E-state index in [1.807, 2.05) is 61.2 Å². The Morgan fingerprint density at radius 1 is 0.386 bits per heavy atom. The number of furan rings is 1. The zero-order valence-electron chi connectivity index (χ0n) is 23.8. The number of anilines is 3. The van der Waals surface area contributed by atoms with E-state index >= 15 is 0 Å². The molecule has 8 aromatic rings. The van der Waals surface area contributed by atoms with Crippen molar-refractivity contribution in [2.45, 2.75) is 0 Å². The van der Waals surface area contributed by atoms with Crippen LogP contribution in [0.15, 0.2) is 169 Å². The van der Waals surface area contributed by atoms with Gasteiger partial charge in [0.15, 0.2) is 0 Å². The first kappa shape index (κ1) is 25.7. The first-order valence-corrected chi connectivity index (χ1v) is 14.6. The van der Waals surface area contributed by atoms with Crippen LogP contribution in [0.3, 0.4) is 0 Å². The summed E-state index contributed by atoms with van der Waals surface area (Å²) < 4.78 is 6.33. The average Bonchev–Trinajstić information content (AvgIpc) is 3.49. The summed E-state index contributed by atoms with van der Waals surface area (Å²) in [4.78, 5) is 10.6. The summed E-state index contributed by atoms with van der Waals surface area (Å²) in [5.74, 6) is 0. The smallest absolute Gasteiger partial charge is 0.143 e. The molecule has 0 fully saturated rings. The zero-order valence-corrected chi connectivity index (χ0v) is 23.8. The van der Waals surface area contributed by atoms with Crippen LogP contribution in [-0.2, 0) is 0 Å². The predicted octanol–water partition coefficient (Wildman–Crippen LogP) is 10.8. The van der Waals surface area contributed by atoms with E-state index in [0.717, 1.165) is 72.4 Å². The second-order valence-corrected chi connectivity index (χ2v) is 10.7. The van der Waals surface area contributed by atoms with Gasteiger partial charge < -0.3 is 9.32 Å². The molecule has 8 rings (SSSR count). The SMILES string of the molecule is c1ccc2c(c1)oc1c(-c3ccc(N(c4ccc(-c5ccncc5)cc4)c4ccc(-c5ccncc5)cc4)cc3)cccc12. The molecule has 5 aromatic carbocycles. The van der Waals surface area contributed by atoms with Gasteiger partial charge in [-0.05, 0) is 94.5 Å². The molecule has 0 N–H and O–H groups in total. The fraction of sp³-hybridized carbons (Fsp3) is 0. The van der Waals surface area contributed by atoms with Gasteiger partial charge in [0.1, 0.15) is 11.2 Å². The highest BCUT2D eigenvalue weighted by molar-refractivity contribution is 6.09. The highest BCUT2D eigenvalue weighted by atomic mass is 16.3. The number of para-hydroxylation sites is 2. The van der Waals surface area contributed by atoms with Crippen molar-refractivity contribution in [2.75, 3.05) is 4.90 Å². The van der Waals surface area contributed by atoms with Gasteiger partial charge >= 0.3 is 0 Å². The minimum absolute atomic E-state index is 0.906. The normalized spacial score (nSPS) is 11.2. The van der Waals surface area contributed by atoms with Crippen molar-refractivity contribution in [1.29, 1.82) is 0 Å². The molecule has 0 radical (unpaired) electrons. The van der Waals surface area contributed by atoms with Crippen LogP contribution in [-0.4, -0.2) is 9.97 Å². The van der Waals surface area contributed by atoms with Gasteiger partial charge in [0, 0.05) is 58.2 Å². The van der Waals surface area contributed by atoms with Crippen molar-refractivity contribution < 1.29 is 4.42 Å². The summed E-state index contributed by atoms with van der Waals surface area (Å²) in [7, 11) is 0. The van der Waals surface area contributed by atoms with Gasteiger partial charge in [-0.3, -0.25) is 9.97 Å². The van der Waals surface area contributed by atoms with E-state index in [1.54, 1.807) is 0 Å². The van der Waals surface area contributed by atoms with E-state index < -0.39 is 0 Å². The highest BCUT2D eigenvalue weighted by Gasteiger charge is 2.16. The summed E-state index contributed by atoms with van der Waals surface area (Å²) in [6.45, 7) is 0. The topological polar surface area (TPSA) is 42.2 Å². The maximum atomic E-state index is 6.33. The molecule has 0 aliphatic carbocycles. The fourth-order valence-corrected chi connectivity index (χ4v) is 5.91. The summed E-state index contributed by atoms with van der Waals surface area (Å²) in [6, 6.07) is 48.8. The van der Waals surface area contributed by atoms with Crippen LogP contribution in [0.4, 0.5) is 17.1 Å². The molecule has 3 aromatic heterocycles. The molecule has 44 heavy (non-hydrogen) atoms. The standard InChI is InChI=1S/C40H27N3O/c1-2-7-39-37(4-1)38-6-3-5-36(40(38)44-39)32-12-18-35(19-13-32)43(33-14-8-28(9-15-33)30-20-24-41-25-21-30)34-16-10-29(11-17-34)31-22-26-42-27-23-31/h1-27H. The minimum Gasteiger partial charge on any atom is -0.455 e. The maximum Gasteiger partial charge on any atom is 0.143 e. The molecule has 0 aliphatic rings.